The van der Waals surface area contributed by atoms with E-state index in [1.807, 2.05) is 6.08 Å². The van der Waals surface area contributed by atoms with Crippen LogP contribution in [0.5, 0.6) is 0 Å². The number of unbranched alkanes of at least 4 members (excludes halogenated alkanes) is 3. The Balaban J connectivity index is 4.03. The SMILES string of the molecule is CCCCC/C=C\C[C@@H](O)/C=C/C=C/C=C\[C@@H](O)CC(F)C(F)C(=O)O. The average Bonchev–Trinajstić information content (AvgIpc) is 2.60. The maximum atomic E-state index is 13.2. The minimum absolute atomic E-state index is 0.539. The first-order valence-corrected chi connectivity index (χ1v) is 8.92. The number of aliphatic carboxylic acids is 1. The standard InChI is InChI=1S/C20H30F2O4/c1-2-3-4-5-6-9-12-16(23)13-10-7-8-11-14-17(24)15-18(21)19(22)20(25)26/h6-11,13-14,16-19,23-24H,2-5,12,15H2,1H3,(H,25,26)/b8-7+,9-6-,13-10+,14-11-/t16-,17-,18?,19?/m1/s1. The van der Waals surface area contributed by atoms with Crippen molar-refractivity contribution in [2.75, 3.05) is 0 Å². The first-order chi connectivity index (χ1) is 12.4. The van der Waals surface area contributed by atoms with Crippen molar-refractivity contribution in [3.63, 3.8) is 0 Å². The molecular formula is C20H30F2O4. The maximum absolute atomic E-state index is 13.2. The van der Waals surface area contributed by atoms with Gasteiger partial charge in [-0.1, -0.05) is 68.4 Å². The van der Waals surface area contributed by atoms with Gasteiger partial charge in [-0.2, -0.15) is 0 Å². The molecule has 0 aromatic carbocycles. The number of aliphatic hydroxyl groups is 2. The summed E-state index contributed by atoms with van der Waals surface area (Å²) in [6, 6.07) is 0. The summed E-state index contributed by atoms with van der Waals surface area (Å²) in [6.45, 7) is 2.15. The van der Waals surface area contributed by atoms with Crippen LogP contribution < -0.4 is 0 Å². The molecule has 3 N–H and O–H groups in total. The summed E-state index contributed by atoms with van der Waals surface area (Å²) < 4.78 is 26.0. The highest BCUT2D eigenvalue weighted by atomic mass is 19.2. The Morgan fingerprint density at radius 3 is 2.15 bits per heavy atom. The van der Waals surface area contributed by atoms with Crippen LogP contribution >= 0.6 is 0 Å². The zero-order chi connectivity index (χ0) is 19.8. The van der Waals surface area contributed by atoms with Gasteiger partial charge in [0.05, 0.1) is 12.2 Å². The molecule has 0 aliphatic carbocycles. The largest absolute Gasteiger partial charge is 0.479 e. The van der Waals surface area contributed by atoms with Crippen molar-refractivity contribution >= 4 is 5.97 Å². The molecule has 0 aliphatic heterocycles. The molecule has 4 nitrogen and oxygen atoms in total. The molecule has 0 saturated heterocycles. The summed E-state index contributed by atoms with van der Waals surface area (Å²) in [7, 11) is 0. The molecule has 6 heteroatoms. The van der Waals surface area contributed by atoms with E-state index in [4.69, 9.17) is 5.11 Å². The van der Waals surface area contributed by atoms with Gasteiger partial charge >= 0.3 is 5.97 Å². The smallest absolute Gasteiger partial charge is 0.341 e. The van der Waals surface area contributed by atoms with Crippen molar-refractivity contribution in [3.05, 3.63) is 48.6 Å². The number of carboxylic acids is 1. The monoisotopic (exact) mass is 372 g/mol. The van der Waals surface area contributed by atoms with Crippen molar-refractivity contribution in [1.82, 2.24) is 0 Å². The zero-order valence-electron chi connectivity index (χ0n) is 15.2. The fourth-order valence-corrected chi connectivity index (χ4v) is 2.04. The van der Waals surface area contributed by atoms with Crippen LogP contribution in [-0.2, 0) is 4.79 Å². The Hall–Kier alpha value is -1.79. The highest BCUT2D eigenvalue weighted by Gasteiger charge is 2.28. The number of halogens is 2. The summed E-state index contributed by atoms with van der Waals surface area (Å²) in [4.78, 5) is 10.3. The molecule has 0 aromatic heterocycles. The number of hydrogen-bond acceptors (Lipinski definition) is 3. The van der Waals surface area contributed by atoms with Crippen molar-refractivity contribution in [2.45, 2.75) is 70.0 Å². The minimum atomic E-state index is -2.64. The fraction of sp³-hybridized carbons (Fsp3) is 0.550. The van der Waals surface area contributed by atoms with Crippen molar-refractivity contribution in [1.29, 1.82) is 0 Å². The maximum Gasteiger partial charge on any atom is 0.341 e. The molecule has 0 fully saturated rings. The molecule has 0 aliphatic rings. The van der Waals surface area contributed by atoms with Gasteiger partial charge in [-0.05, 0) is 19.3 Å². The normalized spacial score (nSPS) is 17.4. The van der Waals surface area contributed by atoms with Gasteiger partial charge < -0.3 is 15.3 Å². The molecule has 0 rings (SSSR count). The Morgan fingerprint density at radius 2 is 1.58 bits per heavy atom. The fourth-order valence-electron chi connectivity index (χ4n) is 2.04. The van der Waals surface area contributed by atoms with Crippen LogP contribution in [0.2, 0.25) is 0 Å². The molecule has 148 valence electrons. The van der Waals surface area contributed by atoms with Crippen LogP contribution in [0.3, 0.4) is 0 Å². The van der Waals surface area contributed by atoms with E-state index in [9.17, 15) is 23.8 Å². The first kappa shape index (κ1) is 24.2. The minimum Gasteiger partial charge on any atom is -0.479 e. The molecule has 26 heavy (non-hydrogen) atoms. The van der Waals surface area contributed by atoms with Crippen molar-refractivity contribution in [3.8, 4) is 0 Å². The number of allylic oxidation sites excluding steroid dienone is 5. The van der Waals surface area contributed by atoms with Gasteiger partial charge in [-0.3, -0.25) is 0 Å². The summed E-state index contributed by atoms with van der Waals surface area (Å²) in [5, 5.41) is 27.5. The van der Waals surface area contributed by atoms with E-state index >= 15 is 0 Å². The first-order valence-electron chi connectivity index (χ1n) is 8.92. The van der Waals surface area contributed by atoms with E-state index in [1.165, 1.54) is 25.0 Å². The summed E-state index contributed by atoms with van der Waals surface area (Å²) in [6.07, 6.45) is 10.9. The van der Waals surface area contributed by atoms with Crippen LogP contribution in [0.15, 0.2) is 48.6 Å². The van der Waals surface area contributed by atoms with Crippen molar-refractivity contribution < 1.29 is 28.9 Å². The lowest BCUT2D eigenvalue weighted by Gasteiger charge is -2.11. The Bertz CT molecular complexity index is 486. The van der Waals surface area contributed by atoms with Gasteiger partial charge in [-0.15, -0.1) is 0 Å². The Kier molecular flexibility index (Phi) is 14.4. The number of hydrogen-bond donors (Lipinski definition) is 3. The number of carbonyl (C=O) groups is 1. The summed E-state index contributed by atoms with van der Waals surface area (Å²) in [5.74, 6) is -1.88. The van der Waals surface area contributed by atoms with E-state index in [1.54, 1.807) is 24.3 Å². The summed E-state index contributed by atoms with van der Waals surface area (Å²) >= 11 is 0. The second-order valence-corrected chi connectivity index (χ2v) is 5.98. The lowest BCUT2D eigenvalue weighted by Crippen LogP contribution is -2.29. The third kappa shape index (κ3) is 13.5. The average molecular weight is 372 g/mol. The molecule has 0 bridgehead atoms. The van der Waals surface area contributed by atoms with Crippen LogP contribution in [-0.4, -0.2) is 45.8 Å². The van der Waals surface area contributed by atoms with Gasteiger partial charge in [0.25, 0.3) is 0 Å². The highest BCUT2D eigenvalue weighted by molar-refractivity contribution is 5.72. The van der Waals surface area contributed by atoms with Crippen LogP contribution in [0.1, 0.15) is 45.4 Å². The molecule has 0 amide bonds. The van der Waals surface area contributed by atoms with E-state index in [-0.39, 0.29) is 0 Å². The van der Waals surface area contributed by atoms with Crippen molar-refractivity contribution in [2.24, 2.45) is 0 Å². The molecule has 0 radical (unpaired) electrons. The van der Waals surface area contributed by atoms with E-state index < -0.39 is 36.9 Å². The quantitative estimate of drug-likeness (QED) is 0.244. The molecule has 4 atom stereocenters. The van der Waals surface area contributed by atoms with Gasteiger partial charge in [-0.25, -0.2) is 13.6 Å². The molecule has 0 aromatic rings. The third-order valence-electron chi connectivity index (χ3n) is 3.54. The third-order valence-corrected chi connectivity index (χ3v) is 3.54. The Morgan fingerprint density at radius 1 is 0.962 bits per heavy atom. The lowest BCUT2D eigenvalue weighted by atomic mass is 10.1. The number of rotatable bonds is 14. The topological polar surface area (TPSA) is 77.8 Å². The molecule has 0 heterocycles. The Labute approximate surface area is 154 Å². The predicted octanol–water partition coefficient (Wildman–Crippen LogP) is 4.05. The molecule has 2 unspecified atom stereocenters. The second kappa shape index (κ2) is 15.5. The highest BCUT2D eigenvalue weighted by Crippen LogP contribution is 2.12. The molecule has 0 saturated carbocycles. The van der Waals surface area contributed by atoms with Crippen LogP contribution in [0.4, 0.5) is 8.78 Å². The number of alkyl halides is 2. The van der Waals surface area contributed by atoms with E-state index in [0.717, 1.165) is 12.8 Å². The van der Waals surface area contributed by atoms with E-state index in [0.29, 0.717) is 6.42 Å². The van der Waals surface area contributed by atoms with Gasteiger partial charge in [0.2, 0.25) is 6.17 Å². The summed E-state index contributed by atoms with van der Waals surface area (Å²) in [5.41, 5.74) is 0. The van der Waals surface area contributed by atoms with Gasteiger partial charge in [0.1, 0.15) is 6.17 Å². The van der Waals surface area contributed by atoms with Gasteiger partial charge in [0.15, 0.2) is 0 Å². The lowest BCUT2D eigenvalue weighted by molar-refractivity contribution is -0.145. The van der Waals surface area contributed by atoms with Gasteiger partial charge in [0, 0.05) is 6.42 Å². The number of carboxylic acid groups (broad SMARTS) is 1. The van der Waals surface area contributed by atoms with Crippen LogP contribution in [0.25, 0.3) is 0 Å². The molecule has 0 spiro atoms. The van der Waals surface area contributed by atoms with Crippen LogP contribution in [0, 0.1) is 0 Å². The number of aliphatic hydroxyl groups excluding tert-OH is 2. The van der Waals surface area contributed by atoms with E-state index in [2.05, 4.69) is 13.0 Å². The molecular weight excluding hydrogens is 342 g/mol. The second-order valence-electron chi connectivity index (χ2n) is 5.98. The zero-order valence-corrected chi connectivity index (χ0v) is 15.2. The predicted molar refractivity (Wildman–Crippen MR) is 99.4 cm³/mol.